The molecule has 3 atom stereocenters. The summed E-state index contributed by atoms with van der Waals surface area (Å²) < 4.78 is 0. The van der Waals surface area contributed by atoms with E-state index in [0.29, 0.717) is 11.8 Å². The molecule has 3 nitrogen and oxygen atoms in total. The largest absolute Gasteiger partial charge is 0.480 e. The van der Waals surface area contributed by atoms with Gasteiger partial charge in [0, 0.05) is 0 Å². The molecule has 1 aliphatic carbocycles. The number of aliphatic carboxylic acids is 1. The fourth-order valence-corrected chi connectivity index (χ4v) is 3.29. The molecular formula is C12H21NO2. The molecule has 0 aromatic carbocycles. The Bertz CT molecular complexity index is 260. The van der Waals surface area contributed by atoms with Gasteiger partial charge in [0.2, 0.25) is 0 Å². The Kier molecular flexibility index (Phi) is 2.75. The van der Waals surface area contributed by atoms with Crippen LogP contribution in [-0.2, 0) is 4.79 Å². The fourth-order valence-electron chi connectivity index (χ4n) is 3.29. The van der Waals surface area contributed by atoms with E-state index in [9.17, 15) is 9.90 Å². The Morgan fingerprint density at radius 1 is 1.27 bits per heavy atom. The normalized spacial score (nSPS) is 42.3. The summed E-state index contributed by atoms with van der Waals surface area (Å²) in [4.78, 5) is 13.7. The van der Waals surface area contributed by atoms with Crippen molar-refractivity contribution in [3.8, 4) is 0 Å². The lowest BCUT2D eigenvalue weighted by molar-refractivity contribution is -0.174. The predicted octanol–water partition coefficient (Wildman–Crippen LogP) is 1.97. The van der Waals surface area contributed by atoms with E-state index in [1.165, 1.54) is 6.42 Å². The van der Waals surface area contributed by atoms with Gasteiger partial charge >= 0.3 is 5.97 Å². The molecule has 2 aliphatic rings. The fraction of sp³-hybridized carbons (Fsp3) is 0.917. The van der Waals surface area contributed by atoms with Crippen LogP contribution in [0.15, 0.2) is 0 Å². The average molecular weight is 211 g/mol. The van der Waals surface area contributed by atoms with Crippen molar-refractivity contribution in [2.24, 2.45) is 11.8 Å². The smallest absolute Gasteiger partial charge is 0.324 e. The Morgan fingerprint density at radius 3 is 2.27 bits per heavy atom. The minimum absolute atomic E-state index is 0.299. The van der Waals surface area contributed by atoms with Gasteiger partial charge < -0.3 is 5.11 Å². The van der Waals surface area contributed by atoms with Crippen molar-refractivity contribution < 1.29 is 9.90 Å². The molecule has 0 radical (unpaired) electrons. The number of rotatable bonds is 2. The van der Waals surface area contributed by atoms with E-state index in [4.69, 9.17) is 0 Å². The lowest BCUT2D eigenvalue weighted by atomic mass is 9.59. The van der Waals surface area contributed by atoms with Crippen LogP contribution >= 0.6 is 0 Å². The van der Waals surface area contributed by atoms with Crippen LogP contribution in [0.1, 0.15) is 39.5 Å². The van der Waals surface area contributed by atoms with E-state index in [0.717, 1.165) is 32.4 Å². The minimum atomic E-state index is -0.602. The molecule has 0 spiro atoms. The van der Waals surface area contributed by atoms with Crippen molar-refractivity contribution in [1.29, 1.82) is 0 Å². The van der Waals surface area contributed by atoms with Gasteiger partial charge in [-0.3, -0.25) is 9.69 Å². The first-order chi connectivity index (χ1) is 7.09. The van der Waals surface area contributed by atoms with Crippen molar-refractivity contribution in [3.63, 3.8) is 0 Å². The topological polar surface area (TPSA) is 40.5 Å². The summed E-state index contributed by atoms with van der Waals surface area (Å²) >= 11 is 0. The van der Waals surface area contributed by atoms with Crippen molar-refractivity contribution >= 4 is 5.97 Å². The number of carboxylic acid groups (broad SMARTS) is 1. The number of hydrogen-bond donors (Lipinski definition) is 1. The monoisotopic (exact) mass is 211 g/mol. The Hall–Kier alpha value is -0.570. The maximum absolute atomic E-state index is 11.5. The minimum Gasteiger partial charge on any atom is -0.480 e. The first kappa shape index (κ1) is 10.9. The molecule has 2 rings (SSSR count). The molecule has 86 valence electrons. The summed E-state index contributed by atoms with van der Waals surface area (Å²) in [5.41, 5.74) is -0.528. The van der Waals surface area contributed by atoms with Crippen LogP contribution in [0.4, 0.5) is 0 Å². The number of likely N-dealkylation sites (tertiary alicyclic amines) is 1. The van der Waals surface area contributed by atoms with E-state index in [1.807, 2.05) is 0 Å². The van der Waals surface area contributed by atoms with Crippen molar-refractivity contribution in [1.82, 2.24) is 4.90 Å². The molecule has 0 amide bonds. The third kappa shape index (κ3) is 1.48. The summed E-state index contributed by atoms with van der Waals surface area (Å²) in [6.07, 6.45) is 4.42. The molecule has 3 unspecified atom stereocenters. The van der Waals surface area contributed by atoms with Gasteiger partial charge in [-0.15, -0.1) is 0 Å². The van der Waals surface area contributed by atoms with Gasteiger partial charge in [-0.2, -0.15) is 0 Å². The molecule has 1 saturated carbocycles. The van der Waals surface area contributed by atoms with Gasteiger partial charge in [-0.25, -0.2) is 0 Å². The molecule has 1 N–H and O–H groups in total. The molecule has 0 aromatic rings. The quantitative estimate of drug-likeness (QED) is 0.759. The molecule has 1 heterocycles. The van der Waals surface area contributed by atoms with Gasteiger partial charge in [0.25, 0.3) is 0 Å². The highest BCUT2D eigenvalue weighted by molar-refractivity contribution is 5.80. The first-order valence-corrected chi connectivity index (χ1v) is 6.07. The van der Waals surface area contributed by atoms with Crippen LogP contribution in [0.5, 0.6) is 0 Å². The standard InChI is InChI=1S/C12H21NO2/c1-9-8-12(10(9)2,11(14)15)13-6-4-3-5-7-13/h9-10H,3-8H2,1-2H3,(H,14,15). The number of nitrogens with zero attached hydrogens (tertiary/aromatic N) is 1. The van der Waals surface area contributed by atoms with Crippen molar-refractivity contribution in [3.05, 3.63) is 0 Å². The summed E-state index contributed by atoms with van der Waals surface area (Å²) in [5, 5.41) is 9.48. The van der Waals surface area contributed by atoms with E-state index < -0.39 is 11.5 Å². The molecule has 2 fully saturated rings. The zero-order valence-electron chi connectivity index (χ0n) is 9.70. The lowest BCUT2D eigenvalue weighted by Crippen LogP contribution is -2.68. The van der Waals surface area contributed by atoms with Crippen LogP contribution in [0.2, 0.25) is 0 Å². The van der Waals surface area contributed by atoms with E-state index in [2.05, 4.69) is 18.7 Å². The number of carbonyl (C=O) groups is 1. The molecular weight excluding hydrogens is 190 g/mol. The highest BCUT2D eigenvalue weighted by Crippen LogP contribution is 2.48. The van der Waals surface area contributed by atoms with Crippen LogP contribution in [0, 0.1) is 11.8 Å². The maximum atomic E-state index is 11.5. The molecule has 15 heavy (non-hydrogen) atoms. The van der Waals surface area contributed by atoms with Crippen molar-refractivity contribution in [2.45, 2.75) is 45.1 Å². The molecule has 3 heteroatoms. The van der Waals surface area contributed by atoms with E-state index >= 15 is 0 Å². The Morgan fingerprint density at radius 2 is 1.87 bits per heavy atom. The van der Waals surface area contributed by atoms with Gasteiger partial charge in [0.1, 0.15) is 5.54 Å². The molecule has 1 saturated heterocycles. The predicted molar refractivity (Wildman–Crippen MR) is 58.7 cm³/mol. The Labute approximate surface area is 91.5 Å². The second-order valence-corrected chi connectivity index (χ2v) is 5.25. The zero-order chi connectivity index (χ0) is 11.1. The second kappa shape index (κ2) is 3.78. The number of hydrogen-bond acceptors (Lipinski definition) is 2. The first-order valence-electron chi connectivity index (χ1n) is 6.07. The summed E-state index contributed by atoms with van der Waals surface area (Å²) in [6, 6.07) is 0. The SMILES string of the molecule is CC1CC(C(=O)O)(N2CCCCC2)C1C. The van der Waals surface area contributed by atoms with Gasteiger partial charge in [0.15, 0.2) is 0 Å². The van der Waals surface area contributed by atoms with Crippen LogP contribution < -0.4 is 0 Å². The molecule has 0 bridgehead atoms. The summed E-state index contributed by atoms with van der Waals surface area (Å²) in [6.45, 7) is 6.21. The van der Waals surface area contributed by atoms with Gasteiger partial charge in [0.05, 0.1) is 0 Å². The highest BCUT2D eigenvalue weighted by Gasteiger charge is 2.58. The van der Waals surface area contributed by atoms with Crippen LogP contribution in [0.3, 0.4) is 0 Å². The molecule has 0 aromatic heterocycles. The van der Waals surface area contributed by atoms with Crippen LogP contribution in [0.25, 0.3) is 0 Å². The maximum Gasteiger partial charge on any atom is 0.324 e. The van der Waals surface area contributed by atoms with Gasteiger partial charge in [-0.1, -0.05) is 20.3 Å². The summed E-state index contributed by atoms with van der Waals surface area (Å²) in [7, 11) is 0. The summed E-state index contributed by atoms with van der Waals surface area (Å²) in [5.74, 6) is 0.256. The Balaban J connectivity index is 2.16. The average Bonchev–Trinajstić information content (AvgIpc) is 2.25. The van der Waals surface area contributed by atoms with E-state index in [-0.39, 0.29) is 0 Å². The third-order valence-electron chi connectivity index (χ3n) is 4.53. The second-order valence-electron chi connectivity index (χ2n) is 5.25. The van der Waals surface area contributed by atoms with Crippen molar-refractivity contribution in [2.75, 3.05) is 13.1 Å². The number of carboxylic acids is 1. The number of piperidine rings is 1. The zero-order valence-corrected chi connectivity index (χ0v) is 9.70. The third-order valence-corrected chi connectivity index (χ3v) is 4.53. The van der Waals surface area contributed by atoms with Gasteiger partial charge in [-0.05, 0) is 44.2 Å². The highest BCUT2D eigenvalue weighted by atomic mass is 16.4. The van der Waals surface area contributed by atoms with E-state index in [1.54, 1.807) is 0 Å². The molecule has 1 aliphatic heterocycles. The van der Waals surface area contributed by atoms with Crippen LogP contribution in [-0.4, -0.2) is 34.6 Å². The lowest BCUT2D eigenvalue weighted by Gasteiger charge is -2.56.